The highest BCUT2D eigenvalue weighted by Crippen LogP contribution is 2.44. The quantitative estimate of drug-likeness (QED) is 0.197. The molecule has 9 aromatic rings. The van der Waals surface area contributed by atoms with E-state index >= 15 is 0 Å². The lowest BCUT2D eigenvalue weighted by atomic mass is 9.87. The summed E-state index contributed by atoms with van der Waals surface area (Å²) in [5, 5.41) is 5.86. The average molecular weight is 603 g/mol. The summed E-state index contributed by atoms with van der Waals surface area (Å²) in [7, 11) is 0. The van der Waals surface area contributed by atoms with Crippen LogP contribution < -0.4 is 0 Å². The van der Waals surface area contributed by atoms with E-state index in [9.17, 15) is 0 Å². The van der Waals surface area contributed by atoms with Crippen LogP contribution in [-0.4, -0.2) is 9.97 Å². The smallest absolute Gasteiger partial charge is 0.195 e. The van der Waals surface area contributed by atoms with Crippen LogP contribution in [0, 0.1) is 0 Å². The Morgan fingerprint density at radius 3 is 1.94 bits per heavy atom. The number of pyridine rings is 1. The van der Waals surface area contributed by atoms with Crippen molar-refractivity contribution in [2.45, 2.75) is 13.3 Å². The van der Waals surface area contributed by atoms with Gasteiger partial charge in [0.2, 0.25) is 0 Å². The molecule has 0 bridgehead atoms. The van der Waals surface area contributed by atoms with Gasteiger partial charge in [-0.2, -0.15) is 0 Å². The van der Waals surface area contributed by atoms with Crippen molar-refractivity contribution >= 4 is 43.5 Å². The largest absolute Gasteiger partial charge is 0.441 e. The van der Waals surface area contributed by atoms with E-state index in [1.54, 1.807) is 0 Å². The second-order valence-corrected chi connectivity index (χ2v) is 12.0. The Morgan fingerprint density at radius 2 is 1.15 bits per heavy atom. The van der Waals surface area contributed by atoms with E-state index in [1.807, 2.05) is 0 Å². The number of aromatic nitrogens is 2. The van der Waals surface area contributed by atoms with Crippen LogP contribution in [0.15, 0.2) is 156 Å². The molecule has 0 aliphatic heterocycles. The van der Waals surface area contributed by atoms with Crippen LogP contribution in [0.3, 0.4) is 0 Å². The van der Waals surface area contributed by atoms with Crippen molar-refractivity contribution in [3.05, 3.63) is 158 Å². The summed E-state index contributed by atoms with van der Waals surface area (Å²) in [6.07, 6.45) is 0.741. The molecule has 0 saturated carbocycles. The third-order valence-electron chi connectivity index (χ3n) is 9.22. The molecule has 2 heterocycles. The Labute approximate surface area is 272 Å². The third kappa shape index (κ3) is 4.59. The molecule has 0 spiro atoms. The summed E-state index contributed by atoms with van der Waals surface area (Å²) in [4.78, 5) is 10.1. The minimum atomic E-state index is 0.741. The number of para-hydroxylation sites is 1. The number of benzene rings is 7. The van der Waals surface area contributed by atoms with Gasteiger partial charge in [0.1, 0.15) is 5.52 Å². The molecule has 0 atom stereocenters. The first-order valence-electron chi connectivity index (χ1n) is 16.1. The van der Waals surface area contributed by atoms with Gasteiger partial charge < -0.3 is 4.42 Å². The highest BCUT2D eigenvalue weighted by Gasteiger charge is 2.20. The molecule has 2 aromatic heterocycles. The van der Waals surface area contributed by atoms with Crippen LogP contribution in [0.1, 0.15) is 12.8 Å². The Bertz CT molecular complexity index is 2600. The number of rotatable bonds is 5. The molecule has 3 nitrogen and oxygen atoms in total. The lowest BCUT2D eigenvalue weighted by molar-refractivity contribution is 0.538. The maximum Gasteiger partial charge on any atom is 0.195 e. The molecule has 0 aliphatic rings. The molecule has 222 valence electrons. The van der Waals surface area contributed by atoms with Crippen molar-refractivity contribution in [2.24, 2.45) is 0 Å². The summed E-state index contributed by atoms with van der Waals surface area (Å²) in [6.45, 7) is 2.08. The zero-order chi connectivity index (χ0) is 31.3. The van der Waals surface area contributed by atoms with E-state index in [2.05, 4.69) is 159 Å². The van der Waals surface area contributed by atoms with Crippen LogP contribution in [0.25, 0.3) is 88.2 Å². The number of hydrogen-bond acceptors (Lipinski definition) is 3. The molecule has 0 aliphatic carbocycles. The Kier molecular flexibility index (Phi) is 6.43. The monoisotopic (exact) mass is 602 g/mol. The molecule has 0 N–H and O–H groups in total. The zero-order valence-corrected chi connectivity index (χ0v) is 25.9. The van der Waals surface area contributed by atoms with Gasteiger partial charge in [0.15, 0.2) is 11.5 Å². The number of oxazole rings is 1. The normalized spacial score (nSPS) is 11.6. The van der Waals surface area contributed by atoms with Gasteiger partial charge in [-0.15, -0.1) is 0 Å². The number of hydrogen-bond donors (Lipinski definition) is 0. The van der Waals surface area contributed by atoms with Gasteiger partial charge in [-0.25, -0.2) is 9.97 Å². The molecule has 0 fully saturated rings. The standard InChI is InChI=1S/C44H30N2O/c1-2-41-46-44-40(47-41)26-32-15-7-9-17-34(32)43(44)36-25-24-29-14-6-8-16-33(29)42(36)31-22-20-30(21-23-31)39-27-37(28-12-4-3-5-13-28)35-18-10-11-19-38(35)45-39/h3-27H,2H2,1H3. The van der Waals surface area contributed by atoms with Gasteiger partial charge in [-0.1, -0.05) is 140 Å². The van der Waals surface area contributed by atoms with Crippen LogP contribution in [0.2, 0.25) is 0 Å². The van der Waals surface area contributed by atoms with E-state index in [1.165, 1.54) is 27.5 Å². The van der Waals surface area contributed by atoms with Gasteiger partial charge >= 0.3 is 0 Å². The highest BCUT2D eigenvalue weighted by molar-refractivity contribution is 6.15. The fourth-order valence-corrected chi connectivity index (χ4v) is 6.98. The van der Waals surface area contributed by atoms with Crippen molar-refractivity contribution in [3.63, 3.8) is 0 Å². The SMILES string of the molecule is CCc1nc2c(-c3ccc4ccccc4c3-c3ccc(-c4cc(-c5ccccc5)c5ccccc5n4)cc3)c3ccccc3cc2o1. The van der Waals surface area contributed by atoms with Crippen LogP contribution in [0.5, 0.6) is 0 Å². The second-order valence-electron chi connectivity index (χ2n) is 12.0. The molecule has 0 amide bonds. The van der Waals surface area contributed by atoms with Crippen molar-refractivity contribution in [1.82, 2.24) is 9.97 Å². The van der Waals surface area contributed by atoms with Crippen LogP contribution in [-0.2, 0) is 6.42 Å². The first-order valence-corrected chi connectivity index (χ1v) is 16.1. The summed E-state index contributed by atoms with van der Waals surface area (Å²) < 4.78 is 6.24. The predicted octanol–water partition coefficient (Wildman–Crippen LogP) is 11.9. The molecule has 0 saturated heterocycles. The molecule has 47 heavy (non-hydrogen) atoms. The average Bonchev–Trinajstić information content (AvgIpc) is 3.56. The van der Waals surface area contributed by atoms with Crippen molar-refractivity contribution in [2.75, 3.05) is 0 Å². The first-order chi connectivity index (χ1) is 23.2. The zero-order valence-electron chi connectivity index (χ0n) is 25.9. The molecule has 0 unspecified atom stereocenters. The van der Waals surface area contributed by atoms with Crippen LogP contribution >= 0.6 is 0 Å². The Hall–Kier alpha value is -6.06. The topological polar surface area (TPSA) is 38.9 Å². The summed E-state index contributed by atoms with van der Waals surface area (Å²) in [5.41, 5.74) is 11.7. The molecular weight excluding hydrogens is 572 g/mol. The highest BCUT2D eigenvalue weighted by atomic mass is 16.3. The fraction of sp³-hybridized carbons (Fsp3) is 0.0455. The Morgan fingerprint density at radius 1 is 0.489 bits per heavy atom. The van der Waals surface area contributed by atoms with Crippen LogP contribution in [0.4, 0.5) is 0 Å². The summed E-state index contributed by atoms with van der Waals surface area (Å²) in [5.74, 6) is 0.751. The summed E-state index contributed by atoms with van der Waals surface area (Å²) >= 11 is 0. The van der Waals surface area contributed by atoms with E-state index in [4.69, 9.17) is 14.4 Å². The van der Waals surface area contributed by atoms with E-state index in [-0.39, 0.29) is 0 Å². The van der Waals surface area contributed by atoms with E-state index < -0.39 is 0 Å². The molecule has 7 aromatic carbocycles. The van der Waals surface area contributed by atoms with Gasteiger partial charge in [-0.05, 0) is 67.6 Å². The number of aryl methyl sites for hydroxylation is 1. The van der Waals surface area contributed by atoms with Crippen molar-refractivity contribution < 1.29 is 4.42 Å². The third-order valence-corrected chi connectivity index (χ3v) is 9.22. The van der Waals surface area contributed by atoms with Gasteiger partial charge in [0, 0.05) is 22.9 Å². The second kappa shape index (κ2) is 11.1. The molecule has 0 radical (unpaired) electrons. The fourth-order valence-electron chi connectivity index (χ4n) is 6.98. The Balaban J connectivity index is 1.26. The van der Waals surface area contributed by atoms with Crippen molar-refractivity contribution in [1.29, 1.82) is 0 Å². The number of nitrogens with zero attached hydrogens (tertiary/aromatic N) is 2. The van der Waals surface area contributed by atoms with E-state index in [0.717, 1.165) is 73.0 Å². The van der Waals surface area contributed by atoms with Crippen molar-refractivity contribution in [3.8, 4) is 44.6 Å². The summed E-state index contributed by atoms with van der Waals surface area (Å²) in [6, 6.07) is 53.8. The van der Waals surface area contributed by atoms with Gasteiger partial charge in [0.25, 0.3) is 0 Å². The van der Waals surface area contributed by atoms with Gasteiger partial charge in [-0.3, -0.25) is 0 Å². The minimum Gasteiger partial charge on any atom is -0.441 e. The maximum atomic E-state index is 6.24. The predicted molar refractivity (Wildman–Crippen MR) is 195 cm³/mol. The lowest BCUT2D eigenvalue weighted by Gasteiger charge is -2.17. The molecule has 9 rings (SSSR count). The maximum absolute atomic E-state index is 6.24. The van der Waals surface area contributed by atoms with Gasteiger partial charge in [0.05, 0.1) is 11.2 Å². The molecular formula is C44H30N2O. The first kappa shape index (κ1) is 27.3. The van der Waals surface area contributed by atoms with E-state index in [0.29, 0.717) is 0 Å². The minimum absolute atomic E-state index is 0.741. The molecule has 3 heteroatoms. The number of fused-ring (bicyclic) bond motifs is 4. The lowest BCUT2D eigenvalue weighted by Crippen LogP contribution is -1.92.